The van der Waals surface area contributed by atoms with Gasteiger partial charge in [-0.05, 0) is 11.5 Å². The first-order valence-corrected chi connectivity index (χ1v) is 5.16. The molecule has 0 aliphatic carbocycles. The molecule has 2 aromatic rings. The number of hydrogen-bond donors (Lipinski definition) is 0. The monoisotopic (exact) mass is 224 g/mol. The van der Waals surface area contributed by atoms with Crippen molar-refractivity contribution in [1.82, 2.24) is 0 Å². The van der Waals surface area contributed by atoms with Crippen LogP contribution in [0.3, 0.4) is 0 Å². The summed E-state index contributed by atoms with van der Waals surface area (Å²) in [6, 6.07) is 13.6. The first-order valence-electron chi connectivity index (χ1n) is 5.16. The molecular formula is C13H8N2O2. The number of carbonyl (C=O) groups excluding carboxylic acids is 1. The van der Waals surface area contributed by atoms with Crippen LogP contribution in [0.15, 0.2) is 64.7 Å². The summed E-state index contributed by atoms with van der Waals surface area (Å²) in [5.41, 5.74) is 0. The Morgan fingerprint density at radius 3 is 2.59 bits per heavy atom. The van der Waals surface area contributed by atoms with Gasteiger partial charge in [0.25, 0.3) is 5.91 Å². The molecule has 0 saturated carbocycles. The van der Waals surface area contributed by atoms with Gasteiger partial charge in [0.2, 0.25) is 5.88 Å². The maximum Gasteiger partial charge on any atom is 0.293 e. The molecule has 0 atom stereocenters. The summed E-state index contributed by atoms with van der Waals surface area (Å²) in [7, 11) is 0. The molecule has 0 saturated heterocycles. The lowest BCUT2D eigenvalue weighted by Gasteiger charge is -2.06. The van der Waals surface area contributed by atoms with Gasteiger partial charge >= 0.3 is 0 Å². The third kappa shape index (κ3) is 1.80. The standard InChI is InChI=1S/C13H8N2O2/c16-12-8-13(15-14-12)17-11-7-3-5-9-4-1-2-6-10(9)11/h1-8H. The van der Waals surface area contributed by atoms with Crippen molar-refractivity contribution < 1.29 is 9.53 Å². The van der Waals surface area contributed by atoms with Crippen molar-refractivity contribution in [2.24, 2.45) is 10.2 Å². The van der Waals surface area contributed by atoms with Crippen molar-refractivity contribution >= 4 is 16.7 Å². The summed E-state index contributed by atoms with van der Waals surface area (Å²) in [5.74, 6) is 0.509. The van der Waals surface area contributed by atoms with Crippen LogP contribution >= 0.6 is 0 Å². The molecule has 1 heterocycles. The molecule has 0 bridgehead atoms. The van der Waals surface area contributed by atoms with Crippen LogP contribution < -0.4 is 4.74 Å². The average molecular weight is 224 g/mol. The van der Waals surface area contributed by atoms with E-state index in [1.807, 2.05) is 42.5 Å². The highest BCUT2D eigenvalue weighted by Crippen LogP contribution is 2.27. The Balaban J connectivity index is 2.04. The Morgan fingerprint density at radius 1 is 0.941 bits per heavy atom. The molecule has 17 heavy (non-hydrogen) atoms. The average Bonchev–Trinajstić information content (AvgIpc) is 2.75. The molecule has 0 spiro atoms. The van der Waals surface area contributed by atoms with Crippen LogP contribution in [0.25, 0.3) is 10.8 Å². The van der Waals surface area contributed by atoms with E-state index in [0.29, 0.717) is 5.75 Å². The van der Waals surface area contributed by atoms with Gasteiger partial charge in [-0.1, -0.05) is 36.4 Å². The van der Waals surface area contributed by atoms with Crippen LogP contribution in [0.1, 0.15) is 0 Å². The number of azo groups is 1. The van der Waals surface area contributed by atoms with Gasteiger partial charge in [-0.25, -0.2) is 0 Å². The van der Waals surface area contributed by atoms with Crippen LogP contribution in [0, 0.1) is 0 Å². The smallest absolute Gasteiger partial charge is 0.293 e. The second kappa shape index (κ2) is 3.83. The fraction of sp³-hybridized carbons (Fsp3) is 0. The second-order valence-corrected chi connectivity index (χ2v) is 3.60. The van der Waals surface area contributed by atoms with Crippen molar-refractivity contribution in [1.29, 1.82) is 0 Å². The minimum atomic E-state index is -0.389. The molecule has 0 unspecified atom stereocenters. The lowest BCUT2D eigenvalue weighted by Crippen LogP contribution is -1.91. The number of amides is 1. The summed E-state index contributed by atoms with van der Waals surface area (Å²) < 4.78 is 5.54. The minimum Gasteiger partial charge on any atom is -0.437 e. The molecular weight excluding hydrogens is 216 g/mol. The molecule has 1 amide bonds. The second-order valence-electron chi connectivity index (χ2n) is 3.60. The molecule has 4 heteroatoms. The Kier molecular flexibility index (Phi) is 2.19. The maximum atomic E-state index is 10.9. The van der Waals surface area contributed by atoms with Crippen molar-refractivity contribution in [3.05, 3.63) is 54.4 Å². The first kappa shape index (κ1) is 9.72. The van der Waals surface area contributed by atoms with Gasteiger partial charge in [0, 0.05) is 5.39 Å². The lowest BCUT2D eigenvalue weighted by atomic mass is 10.1. The number of rotatable bonds is 2. The predicted molar refractivity (Wildman–Crippen MR) is 62.5 cm³/mol. The third-order valence-corrected chi connectivity index (χ3v) is 2.46. The molecule has 1 aliphatic rings. The molecule has 4 nitrogen and oxygen atoms in total. The maximum absolute atomic E-state index is 10.9. The zero-order valence-electron chi connectivity index (χ0n) is 8.83. The molecule has 3 rings (SSSR count). The SMILES string of the molecule is O=C1C=C(Oc2cccc3ccccc23)N=N1. The van der Waals surface area contributed by atoms with Crippen LogP contribution in [0.2, 0.25) is 0 Å². The Morgan fingerprint density at radius 2 is 1.76 bits per heavy atom. The number of ether oxygens (including phenoxy) is 1. The molecule has 1 aliphatic heterocycles. The fourth-order valence-electron chi connectivity index (χ4n) is 1.71. The van der Waals surface area contributed by atoms with E-state index >= 15 is 0 Å². The van der Waals surface area contributed by atoms with Crippen molar-refractivity contribution in [3.8, 4) is 5.75 Å². The highest BCUT2D eigenvalue weighted by atomic mass is 16.5. The number of nitrogens with zero attached hydrogens (tertiary/aromatic N) is 2. The quantitative estimate of drug-likeness (QED) is 0.787. The third-order valence-electron chi connectivity index (χ3n) is 2.46. The molecule has 0 aromatic heterocycles. The van der Waals surface area contributed by atoms with Gasteiger partial charge in [0.15, 0.2) is 0 Å². The largest absolute Gasteiger partial charge is 0.437 e. The summed E-state index contributed by atoms with van der Waals surface area (Å²) in [4.78, 5) is 10.9. The van der Waals surface area contributed by atoms with E-state index in [1.165, 1.54) is 6.08 Å². The molecule has 82 valence electrons. The number of carbonyl (C=O) groups is 1. The molecule has 0 fully saturated rings. The van der Waals surface area contributed by atoms with Crippen molar-refractivity contribution in [2.45, 2.75) is 0 Å². The highest BCUT2D eigenvalue weighted by molar-refractivity contribution is 5.91. The van der Waals surface area contributed by atoms with Crippen LogP contribution in [0.4, 0.5) is 0 Å². The number of hydrogen-bond acceptors (Lipinski definition) is 3. The molecule has 2 aromatic carbocycles. The van der Waals surface area contributed by atoms with E-state index in [9.17, 15) is 4.79 Å². The van der Waals surface area contributed by atoms with Gasteiger partial charge in [-0.15, -0.1) is 10.2 Å². The van der Waals surface area contributed by atoms with E-state index in [-0.39, 0.29) is 11.8 Å². The van der Waals surface area contributed by atoms with Gasteiger partial charge < -0.3 is 4.74 Å². The van der Waals surface area contributed by atoms with E-state index in [4.69, 9.17) is 4.74 Å². The van der Waals surface area contributed by atoms with Crippen LogP contribution in [-0.2, 0) is 4.79 Å². The summed E-state index contributed by atoms with van der Waals surface area (Å²) in [6.45, 7) is 0. The van der Waals surface area contributed by atoms with Gasteiger partial charge in [0.05, 0.1) is 6.08 Å². The zero-order chi connectivity index (χ0) is 11.7. The van der Waals surface area contributed by atoms with Crippen LogP contribution in [0.5, 0.6) is 5.75 Å². The van der Waals surface area contributed by atoms with Gasteiger partial charge in [0.1, 0.15) is 5.75 Å². The van der Waals surface area contributed by atoms with E-state index in [1.54, 1.807) is 0 Å². The summed E-state index contributed by atoms with van der Waals surface area (Å²) >= 11 is 0. The molecule has 0 N–H and O–H groups in total. The van der Waals surface area contributed by atoms with E-state index in [0.717, 1.165) is 10.8 Å². The zero-order valence-corrected chi connectivity index (χ0v) is 8.83. The Labute approximate surface area is 97.2 Å². The topological polar surface area (TPSA) is 51.0 Å². The highest BCUT2D eigenvalue weighted by Gasteiger charge is 2.11. The Bertz CT molecular complexity index is 654. The number of fused-ring (bicyclic) bond motifs is 1. The minimum absolute atomic E-state index is 0.228. The lowest BCUT2D eigenvalue weighted by molar-refractivity contribution is -0.113. The first-order chi connectivity index (χ1) is 8.33. The summed E-state index contributed by atoms with van der Waals surface area (Å²) in [6.07, 6.45) is 1.27. The van der Waals surface area contributed by atoms with Crippen LogP contribution in [-0.4, -0.2) is 5.91 Å². The normalized spacial score (nSPS) is 14.1. The van der Waals surface area contributed by atoms with Crippen molar-refractivity contribution in [2.75, 3.05) is 0 Å². The Hall–Kier alpha value is -2.49. The van der Waals surface area contributed by atoms with Gasteiger partial charge in [-0.3, -0.25) is 4.79 Å². The van der Waals surface area contributed by atoms with Gasteiger partial charge in [-0.2, -0.15) is 0 Å². The summed E-state index contributed by atoms with van der Waals surface area (Å²) in [5, 5.41) is 9.05. The number of benzene rings is 2. The van der Waals surface area contributed by atoms with Crippen molar-refractivity contribution in [3.63, 3.8) is 0 Å². The fourth-order valence-corrected chi connectivity index (χ4v) is 1.71. The predicted octanol–water partition coefficient (Wildman–Crippen LogP) is 3.05. The molecule has 0 radical (unpaired) electrons. The van der Waals surface area contributed by atoms with E-state index in [2.05, 4.69) is 10.2 Å². The van der Waals surface area contributed by atoms with E-state index < -0.39 is 0 Å².